The number of hydrogen-bond donors (Lipinski definition) is 0. The first-order valence-corrected chi connectivity index (χ1v) is 7.38. The van der Waals surface area contributed by atoms with Crippen LogP contribution in [0, 0.1) is 0 Å². The third-order valence-corrected chi connectivity index (χ3v) is 3.74. The number of rotatable bonds is 4. The minimum Gasteiger partial charge on any atom is -0.269 e. The van der Waals surface area contributed by atoms with Gasteiger partial charge in [0.15, 0.2) is 0 Å². The topological polar surface area (TPSA) is 17.8 Å². The summed E-state index contributed by atoms with van der Waals surface area (Å²) in [6.45, 7) is 0. The molecule has 2 nitrogen and oxygen atoms in total. The van der Waals surface area contributed by atoms with Crippen molar-refractivity contribution in [1.82, 2.24) is 9.78 Å². The highest BCUT2D eigenvalue weighted by Crippen LogP contribution is 2.35. The van der Waals surface area contributed by atoms with Crippen molar-refractivity contribution < 1.29 is 0 Å². The van der Waals surface area contributed by atoms with Crippen LogP contribution in [0.3, 0.4) is 0 Å². The molecule has 0 N–H and O–H groups in total. The molecular formula is C14H16N2S. The van der Waals surface area contributed by atoms with Gasteiger partial charge in [0.1, 0.15) is 0 Å². The molecule has 0 unspecified atom stereocenters. The Morgan fingerprint density at radius 3 is 2.65 bits per heavy atom. The van der Waals surface area contributed by atoms with E-state index in [2.05, 4.69) is 46.5 Å². The molecule has 88 valence electrons. The first-order chi connectivity index (χ1) is 8.36. The molecule has 0 amide bonds. The summed E-state index contributed by atoms with van der Waals surface area (Å²) in [7, 11) is 0. The predicted octanol–water partition coefficient (Wildman–Crippen LogP) is 3.75. The Bertz CT molecular complexity index is 497. The predicted molar refractivity (Wildman–Crippen MR) is 73.2 cm³/mol. The van der Waals surface area contributed by atoms with E-state index in [0.717, 1.165) is 5.75 Å². The lowest BCUT2D eigenvalue weighted by Crippen LogP contribution is -1.91. The summed E-state index contributed by atoms with van der Waals surface area (Å²) >= 11 is 1.86. The Morgan fingerprint density at radius 2 is 2.00 bits per heavy atom. The van der Waals surface area contributed by atoms with Gasteiger partial charge in [0.25, 0.3) is 0 Å². The van der Waals surface area contributed by atoms with Crippen LogP contribution in [-0.2, 0) is 5.75 Å². The molecule has 0 saturated heterocycles. The van der Waals surface area contributed by atoms with Crippen LogP contribution in [0.15, 0.2) is 36.7 Å². The Kier molecular flexibility index (Phi) is 2.93. The van der Waals surface area contributed by atoms with Gasteiger partial charge in [-0.15, -0.1) is 0 Å². The fraction of sp³-hybridized carbons (Fsp3) is 0.357. The average molecular weight is 244 g/mol. The van der Waals surface area contributed by atoms with Gasteiger partial charge in [0, 0.05) is 17.5 Å². The van der Waals surface area contributed by atoms with Gasteiger partial charge in [-0.05, 0) is 30.2 Å². The summed E-state index contributed by atoms with van der Waals surface area (Å²) in [6.07, 6.45) is 8.85. The molecule has 1 aromatic heterocycles. The van der Waals surface area contributed by atoms with Crippen LogP contribution < -0.4 is 0 Å². The summed E-state index contributed by atoms with van der Waals surface area (Å²) < 4.78 is 2.10. The van der Waals surface area contributed by atoms with Crippen molar-refractivity contribution in [2.45, 2.75) is 24.6 Å². The van der Waals surface area contributed by atoms with E-state index in [1.807, 2.05) is 18.0 Å². The van der Waals surface area contributed by atoms with Crippen LogP contribution in [0.5, 0.6) is 0 Å². The second kappa shape index (κ2) is 4.57. The van der Waals surface area contributed by atoms with Gasteiger partial charge < -0.3 is 0 Å². The lowest BCUT2D eigenvalue weighted by atomic mass is 10.1. The highest BCUT2D eigenvalue weighted by molar-refractivity contribution is 7.97. The molecule has 1 heterocycles. The highest BCUT2D eigenvalue weighted by Gasteiger charge is 2.24. The maximum atomic E-state index is 4.43. The van der Waals surface area contributed by atoms with E-state index in [-0.39, 0.29) is 0 Å². The van der Waals surface area contributed by atoms with Crippen molar-refractivity contribution in [3.8, 4) is 11.1 Å². The van der Waals surface area contributed by atoms with Crippen molar-refractivity contribution in [2.24, 2.45) is 0 Å². The first kappa shape index (κ1) is 10.9. The van der Waals surface area contributed by atoms with E-state index < -0.39 is 0 Å². The molecule has 3 heteroatoms. The lowest BCUT2D eigenvalue weighted by Gasteiger charge is -2.00. The molecule has 2 aromatic rings. The van der Waals surface area contributed by atoms with Crippen LogP contribution in [-0.4, -0.2) is 16.0 Å². The van der Waals surface area contributed by atoms with Crippen molar-refractivity contribution in [1.29, 1.82) is 0 Å². The summed E-state index contributed by atoms with van der Waals surface area (Å²) in [5.41, 5.74) is 3.88. The lowest BCUT2D eigenvalue weighted by molar-refractivity contribution is 0.642. The van der Waals surface area contributed by atoms with Crippen LogP contribution >= 0.6 is 11.8 Å². The van der Waals surface area contributed by atoms with Crippen molar-refractivity contribution in [3.05, 3.63) is 42.2 Å². The van der Waals surface area contributed by atoms with Gasteiger partial charge in [-0.25, -0.2) is 0 Å². The molecular weight excluding hydrogens is 228 g/mol. The summed E-state index contributed by atoms with van der Waals surface area (Å²) in [4.78, 5) is 0. The SMILES string of the molecule is CSCc1ccc(-c2cnn(C3CC3)c2)cc1. The molecule has 17 heavy (non-hydrogen) atoms. The molecule has 3 rings (SSSR count). The molecule has 0 aliphatic heterocycles. The quantitative estimate of drug-likeness (QED) is 0.815. The Labute approximate surface area is 106 Å². The minimum atomic E-state index is 0.666. The zero-order valence-corrected chi connectivity index (χ0v) is 10.8. The van der Waals surface area contributed by atoms with Gasteiger partial charge in [-0.2, -0.15) is 16.9 Å². The summed E-state index contributed by atoms with van der Waals surface area (Å²) in [5, 5.41) is 4.43. The monoisotopic (exact) mass is 244 g/mol. The standard InChI is InChI=1S/C14H16N2S/c1-17-10-11-2-4-12(5-3-11)13-8-15-16(9-13)14-6-7-14/h2-5,8-9,14H,6-7,10H2,1H3. The molecule has 1 aliphatic carbocycles. The molecule has 1 aliphatic rings. The molecule has 0 bridgehead atoms. The number of aromatic nitrogens is 2. The summed E-state index contributed by atoms with van der Waals surface area (Å²) in [6, 6.07) is 9.47. The molecule has 1 aromatic carbocycles. The Balaban J connectivity index is 1.81. The van der Waals surface area contributed by atoms with Gasteiger partial charge in [-0.1, -0.05) is 24.3 Å². The fourth-order valence-corrected chi connectivity index (χ4v) is 2.51. The Hall–Kier alpha value is -1.22. The van der Waals surface area contributed by atoms with Crippen LogP contribution in [0.25, 0.3) is 11.1 Å². The van der Waals surface area contributed by atoms with Crippen molar-refractivity contribution in [2.75, 3.05) is 6.26 Å². The van der Waals surface area contributed by atoms with E-state index in [4.69, 9.17) is 0 Å². The van der Waals surface area contributed by atoms with Crippen molar-refractivity contribution >= 4 is 11.8 Å². The van der Waals surface area contributed by atoms with E-state index >= 15 is 0 Å². The third-order valence-electron chi connectivity index (χ3n) is 3.12. The molecule has 1 fully saturated rings. The maximum Gasteiger partial charge on any atom is 0.0568 e. The second-order valence-electron chi connectivity index (χ2n) is 4.57. The number of nitrogens with zero attached hydrogens (tertiary/aromatic N) is 2. The fourth-order valence-electron chi connectivity index (χ4n) is 1.99. The molecule has 0 atom stereocenters. The highest BCUT2D eigenvalue weighted by atomic mass is 32.2. The number of hydrogen-bond acceptors (Lipinski definition) is 2. The van der Waals surface area contributed by atoms with Gasteiger partial charge in [0.2, 0.25) is 0 Å². The minimum absolute atomic E-state index is 0.666. The third kappa shape index (κ3) is 2.39. The maximum absolute atomic E-state index is 4.43. The van der Waals surface area contributed by atoms with Gasteiger partial charge in [0.05, 0.1) is 12.2 Å². The molecule has 1 saturated carbocycles. The van der Waals surface area contributed by atoms with Crippen LogP contribution in [0.4, 0.5) is 0 Å². The number of benzene rings is 1. The first-order valence-electron chi connectivity index (χ1n) is 5.99. The summed E-state index contributed by atoms with van der Waals surface area (Å²) in [5.74, 6) is 1.08. The van der Waals surface area contributed by atoms with E-state index in [0.29, 0.717) is 6.04 Å². The molecule has 0 radical (unpaired) electrons. The number of thioether (sulfide) groups is 1. The normalized spacial score (nSPS) is 15.1. The van der Waals surface area contributed by atoms with E-state index in [1.54, 1.807) is 0 Å². The Morgan fingerprint density at radius 1 is 1.24 bits per heavy atom. The van der Waals surface area contributed by atoms with E-state index in [1.165, 1.54) is 29.5 Å². The zero-order valence-electron chi connectivity index (χ0n) is 9.97. The largest absolute Gasteiger partial charge is 0.269 e. The molecule has 0 spiro atoms. The average Bonchev–Trinajstić information content (AvgIpc) is 3.09. The smallest absolute Gasteiger partial charge is 0.0568 e. The van der Waals surface area contributed by atoms with Crippen molar-refractivity contribution in [3.63, 3.8) is 0 Å². The second-order valence-corrected chi connectivity index (χ2v) is 5.44. The van der Waals surface area contributed by atoms with Gasteiger partial charge in [-0.3, -0.25) is 4.68 Å². The van der Waals surface area contributed by atoms with Crippen LogP contribution in [0.2, 0.25) is 0 Å². The zero-order chi connectivity index (χ0) is 11.7. The van der Waals surface area contributed by atoms with Gasteiger partial charge >= 0.3 is 0 Å². The van der Waals surface area contributed by atoms with Crippen LogP contribution in [0.1, 0.15) is 24.4 Å². The van der Waals surface area contributed by atoms with E-state index in [9.17, 15) is 0 Å².